The summed E-state index contributed by atoms with van der Waals surface area (Å²) in [6.45, 7) is 0. The van der Waals surface area contributed by atoms with E-state index in [4.69, 9.17) is 9.72 Å². The van der Waals surface area contributed by atoms with Gasteiger partial charge in [0.25, 0.3) is 0 Å². The van der Waals surface area contributed by atoms with Gasteiger partial charge in [-0.3, -0.25) is 4.57 Å². The smallest absolute Gasteiger partial charge is 0.173 e. The number of benzene rings is 2. The summed E-state index contributed by atoms with van der Waals surface area (Å²) in [4.78, 5) is 4.73. The van der Waals surface area contributed by atoms with Gasteiger partial charge in [0.05, 0.1) is 36.5 Å². The summed E-state index contributed by atoms with van der Waals surface area (Å²) >= 11 is 1.63. The van der Waals surface area contributed by atoms with Crippen molar-refractivity contribution in [1.82, 2.24) is 29.8 Å². The Kier molecular flexibility index (Phi) is 4.77. The van der Waals surface area contributed by atoms with Crippen LogP contribution in [0.4, 0.5) is 0 Å². The van der Waals surface area contributed by atoms with E-state index < -0.39 is 0 Å². The van der Waals surface area contributed by atoms with Crippen molar-refractivity contribution in [1.29, 1.82) is 0 Å². The molecule has 0 N–H and O–H groups in total. The zero-order chi connectivity index (χ0) is 19.6. The number of rotatable bonds is 7. The first-order chi connectivity index (χ1) is 14.3. The second-order valence-electron chi connectivity index (χ2n) is 6.86. The highest BCUT2D eigenvalue weighted by Crippen LogP contribution is 2.37. The Morgan fingerprint density at radius 2 is 1.86 bits per heavy atom. The largest absolute Gasteiger partial charge is 0.495 e. The normalized spacial score (nSPS) is 13.6. The van der Waals surface area contributed by atoms with E-state index in [1.807, 2.05) is 53.3 Å². The fourth-order valence-corrected chi connectivity index (χ4v) is 4.24. The Labute approximate surface area is 172 Å². The van der Waals surface area contributed by atoms with Gasteiger partial charge in [-0.1, -0.05) is 54.2 Å². The van der Waals surface area contributed by atoms with Crippen LogP contribution in [0.2, 0.25) is 0 Å². The fourth-order valence-electron chi connectivity index (χ4n) is 3.34. The van der Waals surface area contributed by atoms with Gasteiger partial charge in [0.1, 0.15) is 5.75 Å². The lowest BCUT2D eigenvalue weighted by atomic mass is 10.1. The van der Waals surface area contributed by atoms with Crippen molar-refractivity contribution in [2.75, 3.05) is 7.11 Å². The second-order valence-corrected chi connectivity index (χ2v) is 7.80. The Morgan fingerprint density at radius 3 is 2.66 bits per heavy atom. The number of hydrogen-bond donors (Lipinski definition) is 0. The van der Waals surface area contributed by atoms with Gasteiger partial charge in [0.2, 0.25) is 0 Å². The lowest BCUT2D eigenvalue weighted by Crippen LogP contribution is -2.04. The summed E-state index contributed by atoms with van der Waals surface area (Å²) in [6, 6.07) is 18.7. The highest BCUT2D eigenvalue weighted by molar-refractivity contribution is 7.98. The van der Waals surface area contributed by atoms with Crippen LogP contribution in [0.25, 0.3) is 16.9 Å². The standard InChI is InChI=1S/C21H20N6OS/c1-28-19-10-6-5-9-17(19)26-18(15-7-3-2-4-8-15)13-22-21(26)29-14-20-23-24-25-27(20)16-11-12-16/h2-10,13,16H,11-12,14H2,1H3. The maximum Gasteiger partial charge on any atom is 0.173 e. The Hall–Kier alpha value is -3.13. The van der Waals surface area contributed by atoms with Gasteiger partial charge in [-0.15, -0.1) is 5.10 Å². The molecule has 29 heavy (non-hydrogen) atoms. The first-order valence-corrected chi connectivity index (χ1v) is 10.5. The molecule has 2 aromatic carbocycles. The molecule has 0 atom stereocenters. The summed E-state index contributed by atoms with van der Waals surface area (Å²) in [7, 11) is 1.69. The molecule has 4 aromatic rings. The average Bonchev–Trinajstić information content (AvgIpc) is 3.36. The minimum absolute atomic E-state index is 0.453. The second kappa shape index (κ2) is 7.71. The van der Waals surface area contributed by atoms with Crippen LogP contribution in [0, 0.1) is 0 Å². The summed E-state index contributed by atoms with van der Waals surface area (Å²) in [5, 5.41) is 13.1. The molecule has 0 radical (unpaired) electrons. The molecule has 1 saturated carbocycles. The number of ether oxygens (including phenoxy) is 1. The van der Waals surface area contributed by atoms with E-state index in [-0.39, 0.29) is 0 Å². The lowest BCUT2D eigenvalue weighted by molar-refractivity contribution is 0.412. The molecule has 0 amide bonds. The van der Waals surface area contributed by atoms with Crippen LogP contribution in [-0.2, 0) is 5.75 Å². The predicted octanol–water partition coefficient (Wildman–Crippen LogP) is 4.16. The first kappa shape index (κ1) is 17.9. The van der Waals surface area contributed by atoms with Crippen molar-refractivity contribution < 1.29 is 4.74 Å². The molecule has 2 aromatic heterocycles. The van der Waals surface area contributed by atoms with Gasteiger partial charge in [-0.2, -0.15) is 0 Å². The zero-order valence-corrected chi connectivity index (χ0v) is 16.8. The number of aromatic nitrogens is 6. The Bertz CT molecular complexity index is 1120. The third-order valence-electron chi connectivity index (χ3n) is 4.91. The predicted molar refractivity (Wildman–Crippen MR) is 111 cm³/mol. The quantitative estimate of drug-likeness (QED) is 0.431. The highest BCUT2D eigenvalue weighted by atomic mass is 32.2. The number of thioether (sulfide) groups is 1. The summed E-state index contributed by atoms with van der Waals surface area (Å²) in [5.74, 6) is 2.34. The van der Waals surface area contributed by atoms with Gasteiger partial charge in [-0.25, -0.2) is 9.67 Å². The Morgan fingerprint density at radius 1 is 1.07 bits per heavy atom. The molecular weight excluding hydrogens is 384 g/mol. The Balaban J connectivity index is 1.55. The summed E-state index contributed by atoms with van der Waals surface area (Å²) in [5.41, 5.74) is 3.07. The maximum absolute atomic E-state index is 5.63. The number of nitrogens with zero attached hydrogens (tertiary/aromatic N) is 6. The van der Waals surface area contributed by atoms with E-state index in [2.05, 4.69) is 32.2 Å². The van der Waals surface area contributed by atoms with Crippen LogP contribution < -0.4 is 4.74 Å². The molecule has 8 heteroatoms. The topological polar surface area (TPSA) is 70.7 Å². The molecule has 0 spiro atoms. The number of methoxy groups -OCH3 is 1. The van der Waals surface area contributed by atoms with Crippen LogP contribution in [-0.4, -0.2) is 36.9 Å². The van der Waals surface area contributed by atoms with Gasteiger partial charge >= 0.3 is 0 Å². The van der Waals surface area contributed by atoms with Crippen LogP contribution in [0.3, 0.4) is 0 Å². The third kappa shape index (κ3) is 3.51. The molecule has 0 saturated heterocycles. The zero-order valence-electron chi connectivity index (χ0n) is 16.0. The summed E-state index contributed by atoms with van der Waals surface area (Å²) < 4.78 is 9.72. The van der Waals surface area contributed by atoms with E-state index in [0.717, 1.165) is 46.5 Å². The molecule has 2 heterocycles. The van der Waals surface area contributed by atoms with Crippen molar-refractivity contribution >= 4 is 11.8 Å². The number of hydrogen-bond acceptors (Lipinski definition) is 6. The van der Waals surface area contributed by atoms with E-state index in [0.29, 0.717) is 11.8 Å². The van der Waals surface area contributed by atoms with Gasteiger partial charge in [0, 0.05) is 5.56 Å². The first-order valence-electron chi connectivity index (χ1n) is 9.51. The van der Waals surface area contributed by atoms with Crippen molar-refractivity contribution in [3.63, 3.8) is 0 Å². The molecule has 146 valence electrons. The number of tetrazole rings is 1. The van der Waals surface area contributed by atoms with Crippen LogP contribution >= 0.6 is 11.8 Å². The fraction of sp³-hybridized carbons (Fsp3) is 0.238. The number of para-hydroxylation sites is 2. The molecule has 1 aliphatic rings. The van der Waals surface area contributed by atoms with Gasteiger partial charge in [-0.05, 0) is 35.4 Å². The van der Waals surface area contributed by atoms with E-state index in [9.17, 15) is 0 Å². The number of imidazole rings is 1. The molecule has 0 bridgehead atoms. The van der Waals surface area contributed by atoms with Crippen LogP contribution in [0.15, 0.2) is 66.0 Å². The minimum atomic E-state index is 0.453. The van der Waals surface area contributed by atoms with Gasteiger partial charge < -0.3 is 4.74 Å². The van der Waals surface area contributed by atoms with E-state index in [1.165, 1.54) is 0 Å². The summed E-state index contributed by atoms with van der Waals surface area (Å²) in [6.07, 6.45) is 4.21. The van der Waals surface area contributed by atoms with Crippen molar-refractivity contribution in [3.8, 4) is 22.7 Å². The molecular formula is C21H20N6OS. The molecule has 0 unspecified atom stereocenters. The van der Waals surface area contributed by atoms with E-state index in [1.54, 1.807) is 18.9 Å². The molecule has 7 nitrogen and oxygen atoms in total. The van der Waals surface area contributed by atoms with Crippen molar-refractivity contribution in [3.05, 3.63) is 66.6 Å². The van der Waals surface area contributed by atoms with Gasteiger partial charge in [0.15, 0.2) is 11.0 Å². The lowest BCUT2D eigenvalue weighted by Gasteiger charge is -2.15. The SMILES string of the molecule is COc1ccccc1-n1c(-c2ccccc2)cnc1SCc1nnnn1C1CC1. The third-order valence-corrected chi connectivity index (χ3v) is 5.86. The highest BCUT2D eigenvalue weighted by Gasteiger charge is 2.28. The monoisotopic (exact) mass is 404 g/mol. The minimum Gasteiger partial charge on any atom is -0.495 e. The van der Waals surface area contributed by atoms with Crippen LogP contribution in [0.5, 0.6) is 5.75 Å². The van der Waals surface area contributed by atoms with Crippen molar-refractivity contribution in [2.24, 2.45) is 0 Å². The van der Waals surface area contributed by atoms with E-state index >= 15 is 0 Å². The van der Waals surface area contributed by atoms with Crippen molar-refractivity contribution in [2.45, 2.75) is 29.8 Å². The molecule has 0 aliphatic heterocycles. The molecule has 1 aliphatic carbocycles. The van der Waals surface area contributed by atoms with Crippen LogP contribution in [0.1, 0.15) is 24.7 Å². The maximum atomic E-state index is 5.63. The average molecular weight is 404 g/mol. The molecule has 1 fully saturated rings. The molecule has 5 rings (SSSR count).